The molecule has 36 heavy (non-hydrogen) atoms. The molecule has 1 saturated heterocycles. The first-order valence-corrected chi connectivity index (χ1v) is 12.2. The number of nitrogens with zero attached hydrogens (tertiary/aromatic N) is 2. The Labute approximate surface area is 212 Å². The average molecular weight is 498 g/mol. The number of nitrogens with one attached hydrogen (secondary N) is 1. The number of amides is 2. The first-order chi connectivity index (χ1) is 17.3. The molecule has 2 N–H and O–H groups in total. The molecule has 9 nitrogen and oxygen atoms in total. The largest absolute Gasteiger partial charge is 0.497 e. The van der Waals surface area contributed by atoms with E-state index in [-0.39, 0.29) is 18.2 Å². The summed E-state index contributed by atoms with van der Waals surface area (Å²) < 4.78 is 10.6. The molecule has 0 aliphatic carbocycles. The number of para-hydroxylation sites is 2. The Kier molecular flexibility index (Phi) is 9.69. The van der Waals surface area contributed by atoms with Gasteiger partial charge in [0.1, 0.15) is 18.0 Å². The fourth-order valence-corrected chi connectivity index (χ4v) is 4.23. The summed E-state index contributed by atoms with van der Waals surface area (Å²) in [7, 11) is 1.54. The van der Waals surface area contributed by atoms with Gasteiger partial charge in [-0.25, -0.2) is 4.79 Å². The number of carbonyl (C=O) groups is 3. The predicted octanol–water partition coefficient (Wildman–Crippen LogP) is 3.04. The molecular formula is C27H35N3O6. The van der Waals surface area contributed by atoms with Crippen molar-refractivity contribution in [2.24, 2.45) is 5.92 Å². The van der Waals surface area contributed by atoms with Crippen LogP contribution in [0.15, 0.2) is 48.5 Å². The first kappa shape index (κ1) is 27.0. The maximum Gasteiger partial charge on any atom is 0.341 e. The number of carboxylic acids is 1. The maximum atomic E-state index is 13.5. The van der Waals surface area contributed by atoms with E-state index in [1.165, 1.54) is 12.0 Å². The van der Waals surface area contributed by atoms with Crippen LogP contribution in [0.4, 0.5) is 5.69 Å². The predicted molar refractivity (Wildman–Crippen MR) is 137 cm³/mol. The topological polar surface area (TPSA) is 108 Å². The number of aliphatic carboxylic acids is 1. The molecule has 3 rings (SSSR count). The van der Waals surface area contributed by atoms with E-state index < -0.39 is 18.5 Å². The van der Waals surface area contributed by atoms with Gasteiger partial charge in [0.2, 0.25) is 5.91 Å². The van der Waals surface area contributed by atoms with Crippen LogP contribution in [0.5, 0.6) is 11.5 Å². The molecule has 0 saturated carbocycles. The molecular weight excluding hydrogens is 462 g/mol. The highest BCUT2D eigenvalue weighted by Gasteiger charge is 2.25. The number of hydrogen-bond acceptors (Lipinski definition) is 6. The summed E-state index contributed by atoms with van der Waals surface area (Å²) in [5, 5.41) is 12.0. The standard InChI is InChI=1S/C27H35N3O6/c1-19(2)29-14-12-20(13-15-29)16-28-25(31)17-30(27(34)21-8-10-22(35-3)11-9-21)23-6-4-5-7-24(23)36-18-26(32)33/h4-11,19-20H,12-18H2,1-3H3,(H,28,31)(H,32,33). The van der Waals surface area contributed by atoms with Crippen LogP contribution >= 0.6 is 0 Å². The number of rotatable bonds is 11. The van der Waals surface area contributed by atoms with Crippen LogP contribution in [0.1, 0.15) is 37.0 Å². The number of likely N-dealkylation sites (tertiary alicyclic amines) is 1. The highest BCUT2D eigenvalue weighted by atomic mass is 16.5. The van der Waals surface area contributed by atoms with Crippen LogP contribution in [0, 0.1) is 5.92 Å². The Balaban J connectivity index is 1.75. The minimum absolute atomic E-state index is 0.204. The fourth-order valence-electron chi connectivity index (χ4n) is 4.23. The Morgan fingerprint density at radius 3 is 2.36 bits per heavy atom. The lowest BCUT2D eigenvalue weighted by atomic mass is 9.96. The second-order valence-corrected chi connectivity index (χ2v) is 9.15. The van der Waals surface area contributed by atoms with Gasteiger partial charge in [-0.2, -0.15) is 0 Å². The number of anilines is 1. The number of hydrogen-bond donors (Lipinski definition) is 2. The number of piperidine rings is 1. The van der Waals surface area contributed by atoms with Gasteiger partial charge in [-0.05, 0) is 82.1 Å². The molecule has 1 aliphatic heterocycles. The summed E-state index contributed by atoms with van der Waals surface area (Å²) in [6.45, 7) is 6.14. The van der Waals surface area contributed by atoms with E-state index in [9.17, 15) is 14.4 Å². The summed E-state index contributed by atoms with van der Waals surface area (Å²) in [6, 6.07) is 13.7. The van der Waals surface area contributed by atoms with Crippen molar-refractivity contribution >= 4 is 23.5 Å². The van der Waals surface area contributed by atoms with E-state index in [1.807, 2.05) is 0 Å². The van der Waals surface area contributed by atoms with Gasteiger partial charge >= 0.3 is 5.97 Å². The molecule has 2 aromatic carbocycles. The molecule has 2 amide bonds. The minimum atomic E-state index is -1.14. The summed E-state index contributed by atoms with van der Waals surface area (Å²) >= 11 is 0. The Morgan fingerprint density at radius 1 is 1.08 bits per heavy atom. The number of carbonyl (C=O) groups excluding carboxylic acids is 2. The summed E-state index contributed by atoms with van der Waals surface area (Å²) in [6.07, 6.45) is 2.03. The third kappa shape index (κ3) is 7.45. The summed E-state index contributed by atoms with van der Waals surface area (Å²) in [5.41, 5.74) is 0.678. The molecule has 0 unspecified atom stereocenters. The highest BCUT2D eigenvalue weighted by molar-refractivity contribution is 6.09. The maximum absolute atomic E-state index is 13.5. The van der Waals surface area contributed by atoms with Gasteiger partial charge in [-0.15, -0.1) is 0 Å². The highest BCUT2D eigenvalue weighted by Crippen LogP contribution is 2.29. The van der Waals surface area contributed by atoms with Crippen molar-refractivity contribution in [1.82, 2.24) is 10.2 Å². The first-order valence-electron chi connectivity index (χ1n) is 12.2. The Morgan fingerprint density at radius 2 is 1.75 bits per heavy atom. The Bertz CT molecular complexity index is 1030. The van der Waals surface area contributed by atoms with E-state index in [1.54, 1.807) is 48.5 Å². The lowest BCUT2D eigenvalue weighted by Crippen LogP contribution is -2.44. The van der Waals surface area contributed by atoms with Gasteiger partial charge in [0.15, 0.2) is 6.61 Å². The fraction of sp³-hybridized carbons (Fsp3) is 0.444. The van der Waals surface area contributed by atoms with Crippen LogP contribution < -0.4 is 19.7 Å². The number of carboxylic acid groups (broad SMARTS) is 1. The van der Waals surface area contributed by atoms with Gasteiger partial charge in [0.25, 0.3) is 5.91 Å². The normalized spacial score (nSPS) is 14.3. The van der Waals surface area contributed by atoms with Crippen molar-refractivity contribution in [3.05, 3.63) is 54.1 Å². The summed E-state index contributed by atoms with van der Waals surface area (Å²) in [4.78, 5) is 41.3. The molecule has 0 atom stereocenters. The zero-order valence-electron chi connectivity index (χ0n) is 21.1. The van der Waals surface area contributed by atoms with E-state index in [0.29, 0.717) is 35.5 Å². The van der Waals surface area contributed by atoms with Crippen molar-refractivity contribution < 1.29 is 29.0 Å². The van der Waals surface area contributed by atoms with Crippen LogP contribution in [0.3, 0.4) is 0 Å². The van der Waals surface area contributed by atoms with Crippen LogP contribution in [-0.2, 0) is 9.59 Å². The molecule has 9 heteroatoms. The molecule has 1 heterocycles. The number of benzene rings is 2. The number of methoxy groups -OCH3 is 1. The molecule has 0 spiro atoms. The van der Waals surface area contributed by atoms with E-state index in [2.05, 4.69) is 24.1 Å². The van der Waals surface area contributed by atoms with Crippen LogP contribution in [0.25, 0.3) is 0 Å². The van der Waals surface area contributed by atoms with Gasteiger partial charge < -0.3 is 24.8 Å². The molecule has 0 bridgehead atoms. The zero-order chi connectivity index (χ0) is 26.1. The van der Waals surface area contributed by atoms with Gasteiger partial charge in [-0.1, -0.05) is 12.1 Å². The van der Waals surface area contributed by atoms with Crippen molar-refractivity contribution in [2.75, 3.05) is 44.8 Å². The quantitative estimate of drug-likeness (QED) is 0.491. The van der Waals surface area contributed by atoms with Crippen molar-refractivity contribution in [2.45, 2.75) is 32.7 Å². The third-order valence-corrected chi connectivity index (χ3v) is 6.36. The van der Waals surface area contributed by atoms with Gasteiger partial charge in [-0.3, -0.25) is 14.5 Å². The van der Waals surface area contributed by atoms with Crippen LogP contribution in [0.2, 0.25) is 0 Å². The van der Waals surface area contributed by atoms with E-state index in [4.69, 9.17) is 14.6 Å². The zero-order valence-corrected chi connectivity index (χ0v) is 21.1. The smallest absolute Gasteiger partial charge is 0.341 e. The van der Waals surface area contributed by atoms with Crippen molar-refractivity contribution in [1.29, 1.82) is 0 Å². The lowest BCUT2D eigenvalue weighted by Gasteiger charge is -2.34. The van der Waals surface area contributed by atoms with Crippen LogP contribution in [-0.4, -0.2) is 73.7 Å². The minimum Gasteiger partial charge on any atom is -0.497 e. The van der Waals surface area contributed by atoms with Crippen molar-refractivity contribution in [3.63, 3.8) is 0 Å². The average Bonchev–Trinajstić information content (AvgIpc) is 2.89. The molecule has 1 fully saturated rings. The van der Waals surface area contributed by atoms with E-state index >= 15 is 0 Å². The number of ether oxygens (including phenoxy) is 2. The second-order valence-electron chi connectivity index (χ2n) is 9.15. The molecule has 0 radical (unpaired) electrons. The van der Waals surface area contributed by atoms with Crippen molar-refractivity contribution in [3.8, 4) is 11.5 Å². The SMILES string of the molecule is COc1ccc(C(=O)N(CC(=O)NCC2CCN(C(C)C)CC2)c2ccccc2OCC(=O)O)cc1. The third-order valence-electron chi connectivity index (χ3n) is 6.36. The monoisotopic (exact) mass is 497 g/mol. The van der Waals surface area contributed by atoms with Gasteiger partial charge in [0, 0.05) is 18.2 Å². The summed E-state index contributed by atoms with van der Waals surface area (Å²) in [5.74, 6) is -0.652. The molecule has 1 aliphatic rings. The Hall–Kier alpha value is -3.59. The molecule has 194 valence electrons. The second kappa shape index (κ2) is 12.9. The lowest BCUT2D eigenvalue weighted by molar-refractivity contribution is -0.139. The molecule has 2 aromatic rings. The molecule has 0 aromatic heterocycles. The van der Waals surface area contributed by atoms with Gasteiger partial charge in [0.05, 0.1) is 12.8 Å². The van der Waals surface area contributed by atoms with E-state index in [0.717, 1.165) is 25.9 Å².